The van der Waals surface area contributed by atoms with Crippen LogP contribution in [0.1, 0.15) is 4.88 Å². The van der Waals surface area contributed by atoms with Gasteiger partial charge >= 0.3 is 0 Å². The summed E-state index contributed by atoms with van der Waals surface area (Å²) in [6.07, 6.45) is 3.93. The van der Waals surface area contributed by atoms with Gasteiger partial charge in [-0.05, 0) is 27.4 Å². The van der Waals surface area contributed by atoms with Gasteiger partial charge in [0.15, 0.2) is 0 Å². The first kappa shape index (κ1) is 10.3. The summed E-state index contributed by atoms with van der Waals surface area (Å²) in [7, 11) is 1.94. The van der Waals surface area contributed by atoms with E-state index in [1.807, 2.05) is 35.9 Å². The second-order valence-corrected chi connectivity index (χ2v) is 5.73. The third-order valence-electron chi connectivity index (χ3n) is 1.74. The van der Waals surface area contributed by atoms with Gasteiger partial charge in [-0.3, -0.25) is 4.68 Å². The molecular formula is C9H9BrN2S2. The van der Waals surface area contributed by atoms with Crippen molar-refractivity contribution >= 4 is 39.0 Å². The van der Waals surface area contributed by atoms with Crippen molar-refractivity contribution in [2.45, 2.75) is 10.6 Å². The van der Waals surface area contributed by atoms with Crippen LogP contribution >= 0.6 is 39.0 Å². The molecule has 0 aliphatic carbocycles. The Kier molecular flexibility index (Phi) is 3.30. The molecule has 0 fully saturated rings. The van der Waals surface area contributed by atoms with Gasteiger partial charge in [0, 0.05) is 33.2 Å². The minimum atomic E-state index is 1.00. The Labute approximate surface area is 99.5 Å². The minimum absolute atomic E-state index is 1.00. The van der Waals surface area contributed by atoms with Crippen molar-refractivity contribution in [3.05, 3.63) is 33.2 Å². The van der Waals surface area contributed by atoms with Crippen LogP contribution < -0.4 is 0 Å². The van der Waals surface area contributed by atoms with Gasteiger partial charge in [-0.2, -0.15) is 5.10 Å². The predicted molar refractivity (Wildman–Crippen MR) is 64.8 cm³/mol. The smallest absolute Gasteiger partial charge is 0.0625 e. The highest BCUT2D eigenvalue weighted by atomic mass is 79.9. The fourth-order valence-corrected chi connectivity index (χ4v) is 3.76. The number of hydrogen-bond acceptors (Lipinski definition) is 3. The van der Waals surface area contributed by atoms with Crippen LogP contribution in [0.5, 0.6) is 0 Å². The molecule has 0 spiro atoms. The molecule has 0 aromatic carbocycles. The highest BCUT2D eigenvalue weighted by Crippen LogP contribution is 2.30. The molecule has 2 rings (SSSR count). The summed E-state index contributed by atoms with van der Waals surface area (Å²) in [5.74, 6) is 1.00. The third-order valence-corrected chi connectivity index (χ3v) is 4.83. The van der Waals surface area contributed by atoms with Gasteiger partial charge in [0.25, 0.3) is 0 Å². The molecule has 74 valence electrons. The van der Waals surface area contributed by atoms with Gasteiger partial charge in [0.05, 0.1) is 6.20 Å². The molecule has 0 bridgehead atoms. The molecule has 2 aromatic heterocycles. The maximum Gasteiger partial charge on any atom is 0.0625 e. The van der Waals surface area contributed by atoms with Gasteiger partial charge in [-0.1, -0.05) is 0 Å². The highest BCUT2D eigenvalue weighted by molar-refractivity contribution is 9.10. The quantitative estimate of drug-likeness (QED) is 0.804. The highest BCUT2D eigenvalue weighted by Gasteiger charge is 2.03. The van der Waals surface area contributed by atoms with Crippen molar-refractivity contribution < 1.29 is 0 Å². The monoisotopic (exact) mass is 288 g/mol. The van der Waals surface area contributed by atoms with Crippen molar-refractivity contribution in [1.82, 2.24) is 9.78 Å². The molecule has 0 saturated heterocycles. The predicted octanol–water partition coefficient (Wildman–Crippen LogP) is 3.54. The van der Waals surface area contributed by atoms with Crippen molar-refractivity contribution in [1.29, 1.82) is 0 Å². The molecule has 0 aliphatic rings. The Hall–Kier alpha value is -0.260. The van der Waals surface area contributed by atoms with Gasteiger partial charge in [0.1, 0.15) is 0 Å². The van der Waals surface area contributed by atoms with Crippen LogP contribution in [-0.2, 0) is 12.8 Å². The molecule has 2 nitrogen and oxygen atoms in total. The van der Waals surface area contributed by atoms with E-state index in [0.29, 0.717) is 0 Å². The zero-order chi connectivity index (χ0) is 9.97. The summed E-state index contributed by atoms with van der Waals surface area (Å²) < 4.78 is 3.03. The van der Waals surface area contributed by atoms with Crippen molar-refractivity contribution in [3.63, 3.8) is 0 Å². The molecule has 0 N–H and O–H groups in total. The van der Waals surface area contributed by atoms with E-state index in [2.05, 4.69) is 32.5 Å². The van der Waals surface area contributed by atoms with Crippen LogP contribution in [0.25, 0.3) is 0 Å². The van der Waals surface area contributed by atoms with Gasteiger partial charge in [-0.25, -0.2) is 0 Å². The van der Waals surface area contributed by atoms with Crippen LogP contribution in [0, 0.1) is 0 Å². The molecule has 0 amide bonds. The van der Waals surface area contributed by atoms with E-state index in [1.165, 1.54) is 14.2 Å². The van der Waals surface area contributed by atoms with E-state index in [1.54, 1.807) is 11.3 Å². The fourth-order valence-electron chi connectivity index (χ4n) is 1.05. The lowest BCUT2D eigenvalue weighted by atomic mass is 10.5. The standard InChI is InChI=1S/C9H9BrN2S2/c1-12-5-7(4-11-12)14-6-9-8(10)2-3-13-9/h2-5H,6H2,1H3. The number of thiophene rings is 1. The molecule has 0 atom stereocenters. The lowest BCUT2D eigenvalue weighted by Gasteiger charge is -1.95. The molecule has 0 saturated carbocycles. The SMILES string of the molecule is Cn1cc(SCc2sccc2Br)cn1. The van der Waals surface area contributed by atoms with E-state index in [-0.39, 0.29) is 0 Å². The average molecular weight is 289 g/mol. The fraction of sp³-hybridized carbons (Fsp3) is 0.222. The maximum atomic E-state index is 4.13. The average Bonchev–Trinajstić information content (AvgIpc) is 2.72. The summed E-state index contributed by atoms with van der Waals surface area (Å²) in [4.78, 5) is 2.59. The van der Waals surface area contributed by atoms with Crippen LogP contribution in [0.2, 0.25) is 0 Å². The number of thioether (sulfide) groups is 1. The lowest BCUT2D eigenvalue weighted by molar-refractivity contribution is 0.766. The van der Waals surface area contributed by atoms with E-state index < -0.39 is 0 Å². The minimum Gasteiger partial charge on any atom is -0.275 e. The molecule has 5 heteroatoms. The first-order chi connectivity index (χ1) is 6.75. The van der Waals surface area contributed by atoms with E-state index >= 15 is 0 Å². The first-order valence-electron chi connectivity index (χ1n) is 4.09. The zero-order valence-electron chi connectivity index (χ0n) is 7.61. The summed E-state index contributed by atoms with van der Waals surface area (Å²) in [5.41, 5.74) is 0. The molecule has 0 aliphatic heterocycles. The first-order valence-corrected chi connectivity index (χ1v) is 6.75. The number of hydrogen-bond donors (Lipinski definition) is 0. The van der Waals surface area contributed by atoms with Gasteiger partial charge in [-0.15, -0.1) is 23.1 Å². The van der Waals surface area contributed by atoms with E-state index in [9.17, 15) is 0 Å². The molecule has 2 heterocycles. The number of rotatable bonds is 3. The number of aromatic nitrogens is 2. The Balaban J connectivity index is 1.98. The molecule has 14 heavy (non-hydrogen) atoms. The summed E-state index contributed by atoms with van der Waals surface area (Å²) in [6, 6.07) is 2.09. The summed E-state index contributed by atoms with van der Waals surface area (Å²) in [5, 5.41) is 6.23. The Bertz CT molecular complexity index is 422. The molecular weight excluding hydrogens is 280 g/mol. The third kappa shape index (κ3) is 2.40. The Morgan fingerprint density at radius 1 is 1.64 bits per heavy atom. The van der Waals surface area contributed by atoms with E-state index in [0.717, 1.165) is 5.75 Å². The van der Waals surface area contributed by atoms with Gasteiger partial charge < -0.3 is 0 Å². The topological polar surface area (TPSA) is 17.8 Å². The number of nitrogens with zero attached hydrogens (tertiary/aromatic N) is 2. The van der Waals surface area contributed by atoms with Crippen molar-refractivity contribution in [2.24, 2.45) is 7.05 Å². The largest absolute Gasteiger partial charge is 0.275 e. The summed E-state index contributed by atoms with van der Waals surface area (Å²) >= 11 is 7.11. The van der Waals surface area contributed by atoms with Crippen molar-refractivity contribution in [2.75, 3.05) is 0 Å². The van der Waals surface area contributed by atoms with Gasteiger partial charge in [0.2, 0.25) is 0 Å². The second kappa shape index (κ2) is 4.51. The number of halogens is 1. The lowest BCUT2D eigenvalue weighted by Crippen LogP contribution is -1.83. The van der Waals surface area contributed by atoms with Crippen LogP contribution in [0.3, 0.4) is 0 Å². The van der Waals surface area contributed by atoms with Crippen LogP contribution in [0.4, 0.5) is 0 Å². The van der Waals surface area contributed by atoms with E-state index in [4.69, 9.17) is 0 Å². The Morgan fingerprint density at radius 2 is 2.50 bits per heavy atom. The Morgan fingerprint density at radius 3 is 3.07 bits per heavy atom. The zero-order valence-corrected chi connectivity index (χ0v) is 10.8. The normalized spacial score (nSPS) is 10.7. The van der Waals surface area contributed by atoms with Crippen LogP contribution in [0.15, 0.2) is 33.2 Å². The van der Waals surface area contributed by atoms with Crippen LogP contribution in [-0.4, -0.2) is 9.78 Å². The van der Waals surface area contributed by atoms with Crippen molar-refractivity contribution in [3.8, 4) is 0 Å². The summed E-state index contributed by atoms with van der Waals surface area (Å²) in [6.45, 7) is 0. The number of aryl methyl sites for hydroxylation is 1. The molecule has 2 aromatic rings. The maximum absolute atomic E-state index is 4.13. The second-order valence-electron chi connectivity index (χ2n) is 2.83. The molecule has 0 unspecified atom stereocenters. The molecule has 0 radical (unpaired) electrons.